The molecule has 4 rings (SSSR count). The van der Waals surface area contributed by atoms with Crippen molar-refractivity contribution < 1.29 is 4.74 Å². The summed E-state index contributed by atoms with van der Waals surface area (Å²) in [7, 11) is 1.68. The SMILES string of the molecule is COc1ccccc1-n1nc(-c2ccccc2)c2ccccc21. The molecule has 0 saturated heterocycles. The van der Waals surface area contributed by atoms with E-state index in [0.717, 1.165) is 33.6 Å². The Kier molecular flexibility index (Phi) is 3.31. The third-order valence-electron chi connectivity index (χ3n) is 3.95. The summed E-state index contributed by atoms with van der Waals surface area (Å²) in [4.78, 5) is 0. The van der Waals surface area contributed by atoms with Gasteiger partial charge in [-0.2, -0.15) is 5.10 Å². The van der Waals surface area contributed by atoms with Crippen LogP contribution in [0, 0.1) is 0 Å². The van der Waals surface area contributed by atoms with Crippen LogP contribution in [0.25, 0.3) is 27.8 Å². The minimum atomic E-state index is 0.806. The van der Waals surface area contributed by atoms with Crippen LogP contribution in [0.2, 0.25) is 0 Å². The van der Waals surface area contributed by atoms with Crippen LogP contribution < -0.4 is 4.74 Å². The van der Waals surface area contributed by atoms with E-state index in [-0.39, 0.29) is 0 Å². The first-order valence-corrected chi connectivity index (χ1v) is 7.55. The molecule has 1 heterocycles. The first-order chi connectivity index (χ1) is 11.4. The normalized spacial score (nSPS) is 10.8. The monoisotopic (exact) mass is 300 g/mol. The molecule has 0 spiro atoms. The number of hydrogen-bond donors (Lipinski definition) is 0. The average Bonchev–Trinajstić information content (AvgIpc) is 3.02. The topological polar surface area (TPSA) is 27.1 Å². The molecule has 0 aliphatic heterocycles. The van der Waals surface area contributed by atoms with Gasteiger partial charge < -0.3 is 4.74 Å². The Labute approximate surface area is 134 Å². The first kappa shape index (κ1) is 13.6. The third kappa shape index (κ3) is 2.27. The second kappa shape index (κ2) is 5.61. The van der Waals surface area contributed by atoms with Crippen molar-refractivity contribution in [3.05, 3.63) is 78.9 Å². The van der Waals surface area contributed by atoms with Gasteiger partial charge >= 0.3 is 0 Å². The van der Waals surface area contributed by atoms with Gasteiger partial charge in [0, 0.05) is 10.9 Å². The molecule has 3 aromatic carbocycles. The third-order valence-corrected chi connectivity index (χ3v) is 3.95. The summed E-state index contributed by atoms with van der Waals surface area (Å²) in [6, 6.07) is 26.5. The van der Waals surface area contributed by atoms with Crippen LogP contribution >= 0.6 is 0 Å². The lowest BCUT2D eigenvalue weighted by atomic mass is 10.1. The van der Waals surface area contributed by atoms with Crippen LogP contribution in [-0.2, 0) is 0 Å². The quantitative estimate of drug-likeness (QED) is 0.548. The molecule has 0 atom stereocenters. The van der Waals surface area contributed by atoms with E-state index in [9.17, 15) is 0 Å². The van der Waals surface area contributed by atoms with E-state index in [0.29, 0.717) is 0 Å². The Balaban J connectivity index is 2.02. The molecule has 112 valence electrons. The van der Waals surface area contributed by atoms with E-state index in [4.69, 9.17) is 9.84 Å². The zero-order chi connectivity index (χ0) is 15.6. The number of para-hydroxylation sites is 3. The van der Waals surface area contributed by atoms with Crippen LogP contribution in [0.1, 0.15) is 0 Å². The molecule has 3 heteroatoms. The molecular weight excluding hydrogens is 284 g/mol. The lowest BCUT2D eigenvalue weighted by molar-refractivity contribution is 0.412. The van der Waals surface area contributed by atoms with Gasteiger partial charge in [0.2, 0.25) is 0 Å². The number of hydrogen-bond acceptors (Lipinski definition) is 2. The molecule has 0 aliphatic carbocycles. The number of benzene rings is 3. The van der Waals surface area contributed by atoms with Gasteiger partial charge in [0.05, 0.1) is 12.6 Å². The second-order valence-corrected chi connectivity index (χ2v) is 5.32. The van der Waals surface area contributed by atoms with Crippen LogP contribution in [0.15, 0.2) is 78.9 Å². The minimum absolute atomic E-state index is 0.806. The molecule has 4 aromatic rings. The highest BCUT2D eigenvalue weighted by Crippen LogP contribution is 2.32. The van der Waals surface area contributed by atoms with E-state index in [2.05, 4.69) is 24.3 Å². The maximum Gasteiger partial charge on any atom is 0.144 e. The number of rotatable bonds is 3. The highest BCUT2D eigenvalue weighted by molar-refractivity contribution is 5.94. The van der Waals surface area contributed by atoms with Crippen molar-refractivity contribution in [3.63, 3.8) is 0 Å². The van der Waals surface area contributed by atoms with Crippen LogP contribution in [0.5, 0.6) is 5.75 Å². The summed E-state index contributed by atoms with van der Waals surface area (Å²) < 4.78 is 7.46. The molecule has 3 nitrogen and oxygen atoms in total. The molecule has 1 aromatic heterocycles. The van der Waals surface area contributed by atoms with Gasteiger partial charge in [-0.25, -0.2) is 4.68 Å². The predicted molar refractivity (Wildman–Crippen MR) is 93.1 cm³/mol. The number of aromatic nitrogens is 2. The van der Waals surface area contributed by atoms with Crippen LogP contribution in [-0.4, -0.2) is 16.9 Å². The lowest BCUT2D eigenvalue weighted by Gasteiger charge is -2.08. The van der Waals surface area contributed by atoms with Crippen LogP contribution in [0.3, 0.4) is 0 Å². The smallest absolute Gasteiger partial charge is 0.144 e. The molecule has 0 saturated carbocycles. The lowest BCUT2D eigenvalue weighted by Crippen LogP contribution is -1.99. The Morgan fingerprint density at radius 1 is 0.783 bits per heavy atom. The van der Waals surface area contributed by atoms with Crippen molar-refractivity contribution >= 4 is 10.9 Å². The Hall–Kier alpha value is -3.07. The molecule has 0 fully saturated rings. The molecule has 0 amide bonds. The minimum Gasteiger partial charge on any atom is -0.494 e. The summed E-state index contributed by atoms with van der Waals surface area (Å²) in [5.74, 6) is 0.806. The summed E-state index contributed by atoms with van der Waals surface area (Å²) in [5, 5.41) is 6.00. The zero-order valence-electron chi connectivity index (χ0n) is 12.8. The Bertz CT molecular complexity index is 958. The summed E-state index contributed by atoms with van der Waals surface area (Å²) in [5.41, 5.74) is 4.09. The van der Waals surface area contributed by atoms with E-state index in [1.807, 2.05) is 59.3 Å². The van der Waals surface area contributed by atoms with Crippen molar-refractivity contribution in [1.29, 1.82) is 0 Å². The fourth-order valence-electron chi connectivity index (χ4n) is 2.86. The zero-order valence-corrected chi connectivity index (χ0v) is 12.8. The largest absolute Gasteiger partial charge is 0.494 e. The van der Waals surface area contributed by atoms with Gasteiger partial charge in [0.1, 0.15) is 17.1 Å². The fraction of sp³-hybridized carbons (Fsp3) is 0.0500. The van der Waals surface area contributed by atoms with Crippen molar-refractivity contribution in [2.45, 2.75) is 0 Å². The van der Waals surface area contributed by atoms with Gasteiger partial charge in [0.15, 0.2) is 0 Å². The van der Waals surface area contributed by atoms with E-state index in [1.54, 1.807) is 7.11 Å². The maximum absolute atomic E-state index is 5.50. The highest BCUT2D eigenvalue weighted by atomic mass is 16.5. The fourth-order valence-corrected chi connectivity index (χ4v) is 2.86. The molecular formula is C20H16N2O. The number of nitrogens with zero attached hydrogens (tertiary/aromatic N) is 2. The van der Waals surface area contributed by atoms with Gasteiger partial charge in [-0.3, -0.25) is 0 Å². The first-order valence-electron chi connectivity index (χ1n) is 7.55. The van der Waals surface area contributed by atoms with Gasteiger partial charge in [-0.1, -0.05) is 60.7 Å². The highest BCUT2D eigenvalue weighted by Gasteiger charge is 2.15. The summed E-state index contributed by atoms with van der Waals surface area (Å²) in [6.45, 7) is 0. The van der Waals surface area contributed by atoms with Crippen molar-refractivity contribution in [2.75, 3.05) is 7.11 Å². The molecule has 0 unspecified atom stereocenters. The van der Waals surface area contributed by atoms with E-state index in [1.165, 1.54) is 0 Å². The number of fused-ring (bicyclic) bond motifs is 1. The second-order valence-electron chi connectivity index (χ2n) is 5.32. The van der Waals surface area contributed by atoms with Crippen LogP contribution in [0.4, 0.5) is 0 Å². The van der Waals surface area contributed by atoms with Gasteiger partial charge in [0.25, 0.3) is 0 Å². The summed E-state index contributed by atoms with van der Waals surface area (Å²) in [6.07, 6.45) is 0. The van der Waals surface area contributed by atoms with Crippen molar-refractivity contribution in [1.82, 2.24) is 9.78 Å². The van der Waals surface area contributed by atoms with Crippen molar-refractivity contribution in [3.8, 4) is 22.7 Å². The molecule has 0 radical (unpaired) electrons. The summed E-state index contributed by atoms with van der Waals surface area (Å²) >= 11 is 0. The van der Waals surface area contributed by atoms with E-state index < -0.39 is 0 Å². The van der Waals surface area contributed by atoms with Gasteiger partial charge in [-0.05, 0) is 18.2 Å². The van der Waals surface area contributed by atoms with Crippen molar-refractivity contribution in [2.24, 2.45) is 0 Å². The molecule has 0 bridgehead atoms. The molecule has 0 N–H and O–H groups in total. The Morgan fingerprint density at radius 2 is 1.48 bits per heavy atom. The number of ether oxygens (including phenoxy) is 1. The number of methoxy groups -OCH3 is 1. The molecule has 23 heavy (non-hydrogen) atoms. The maximum atomic E-state index is 5.50. The van der Waals surface area contributed by atoms with Gasteiger partial charge in [-0.15, -0.1) is 0 Å². The Morgan fingerprint density at radius 3 is 2.30 bits per heavy atom. The standard InChI is InChI=1S/C20H16N2O/c1-23-19-14-8-7-13-18(19)22-17-12-6-5-11-16(17)20(21-22)15-9-3-2-4-10-15/h2-14H,1H3. The predicted octanol–water partition coefficient (Wildman–Crippen LogP) is 4.70. The van der Waals surface area contributed by atoms with E-state index >= 15 is 0 Å². The average molecular weight is 300 g/mol. The molecule has 0 aliphatic rings.